The van der Waals surface area contributed by atoms with E-state index in [0.29, 0.717) is 0 Å². The molecule has 73 valence electrons. The van der Waals surface area contributed by atoms with Gasteiger partial charge in [-0.3, -0.25) is 4.74 Å². The smallest absolute Gasteiger partial charge is 0.250 e. The molecule has 0 saturated heterocycles. The molecule has 0 heterocycles. The van der Waals surface area contributed by atoms with Crippen molar-refractivity contribution in [2.45, 2.75) is 18.6 Å². The summed E-state index contributed by atoms with van der Waals surface area (Å²) >= 11 is 0. The molecule has 0 aromatic carbocycles. The van der Waals surface area contributed by atoms with E-state index >= 15 is 0 Å². The largest absolute Gasteiger partial charge is 0.413 e. The van der Waals surface area contributed by atoms with E-state index in [2.05, 4.69) is 4.74 Å². The molecule has 0 aliphatic carbocycles. The van der Waals surface area contributed by atoms with Gasteiger partial charge in [-0.25, -0.2) is 13.2 Å². The minimum atomic E-state index is -5.09. The quantitative estimate of drug-likeness (QED) is 0.499. The Morgan fingerprint density at radius 1 is 1.25 bits per heavy atom. The maximum absolute atomic E-state index is 11.7. The van der Waals surface area contributed by atoms with Crippen LogP contribution in [0.5, 0.6) is 0 Å². The highest BCUT2D eigenvalue weighted by Gasteiger charge is 2.50. The molecule has 2 nitrogen and oxygen atoms in total. The topological polar surface area (TPSA) is 29.1 Å². The maximum atomic E-state index is 11.7. The molecule has 12 heavy (non-hydrogen) atoms. The highest BCUT2D eigenvalue weighted by atomic mass is 19.3. The van der Waals surface area contributed by atoms with Gasteiger partial charge >= 0.3 is 18.6 Å². The highest BCUT2D eigenvalue weighted by molar-refractivity contribution is 4.59. The first kappa shape index (κ1) is 11.5. The van der Waals surface area contributed by atoms with Crippen LogP contribution >= 0.6 is 0 Å². The maximum Gasteiger partial charge on any atom is 0.413 e. The molecule has 1 atom stereocenters. The van der Waals surface area contributed by atoms with Crippen LogP contribution in [0.25, 0.3) is 0 Å². The lowest BCUT2D eigenvalue weighted by atomic mass is 10.6. The van der Waals surface area contributed by atoms with Crippen molar-refractivity contribution < 1.29 is 36.2 Å². The number of hydrogen-bond donors (Lipinski definition) is 0. The Morgan fingerprint density at radius 2 is 1.67 bits per heavy atom. The molecule has 0 amide bonds. The number of hydrogen-bond acceptors (Lipinski definition) is 1. The minimum Gasteiger partial charge on any atom is -0.250 e. The van der Waals surface area contributed by atoms with Gasteiger partial charge in [0.2, 0.25) is 0 Å². The van der Waals surface area contributed by atoms with Crippen molar-refractivity contribution in [3.8, 4) is 0 Å². The average Bonchev–Trinajstić information content (AvgIpc) is 1.85. The van der Waals surface area contributed by atoms with Gasteiger partial charge in [0.1, 0.15) is 0 Å². The van der Waals surface area contributed by atoms with Gasteiger partial charge in [0.15, 0.2) is 6.67 Å². The van der Waals surface area contributed by atoms with E-state index in [1.165, 1.54) is 0 Å². The first-order chi connectivity index (χ1) is 5.21. The monoisotopic (exact) mass is 197 g/mol. The molecule has 0 fully saturated rings. The van der Waals surface area contributed by atoms with Gasteiger partial charge < -0.3 is 0 Å². The average molecular weight is 197 g/mol. The van der Waals surface area contributed by atoms with Gasteiger partial charge in [0.05, 0.1) is 0 Å². The van der Waals surface area contributed by atoms with E-state index < -0.39 is 25.2 Å². The Morgan fingerprint density at radius 3 is 1.92 bits per heavy atom. The lowest BCUT2D eigenvalue weighted by Gasteiger charge is -2.20. The third kappa shape index (κ3) is 3.26. The van der Waals surface area contributed by atoms with Crippen LogP contribution in [-0.2, 0) is 9.84 Å². The molecule has 0 rings (SSSR count). The Kier molecular flexibility index (Phi) is 3.34. The second-order valence-corrected chi connectivity index (χ2v) is 1.76. The third-order valence-electron chi connectivity index (χ3n) is 0.705. The molecule has 0 spiro atoms. The summed E-state index contributed by atoms with van der Waals surface area (Å²) < 4.78 is 70.9. The van der Waals surface area contributed by atoms with Crippen molar-refractivity contribution in [2.75, 3.05) is 6.67 Å². The van der Waals surface area contributed by atoms with E-state index in [4.69, 9.17) is 0 Å². The summed E-state index contributed by atoms with van der Waals surface area (Å²) in [6, 6.07) is -5.09. The molecular formula is C4H3F6O2. The summed E-state index contributed by atoms with van der Waals surface area (Å²) in [5, 5.41) is 9.69. The first-order valence-corrected chi connectivity index (χ1v) is 2.53. The zero-order chi connectivity index (χ0) is 9.99. The fourth-order valence-corrected chi connectivity index (χ4v) is 0.275. The summed E-state index contributed by atoms with van der Waals surface area (Å²) in [5.74, 6) is 0. The Labute approximate surface area is 62.7 Å². The summed E-state index contributed by atoms with van der Waals surface area (Å²) in [7, 11) is 0. The van der Waals surface area contributed by atoms with Crippen LogP contribution in [0.4, 0.5) is 26.3 Å². The second-order valence-electron chi connectivity index (χ2n) is 1.76. The predicted molar refractivity (Wildman–Crippen MR) is 22.5 cm³/mol. The fourth-order valence-electron chi connectivity index (χ4n) is 0.275. The van der Waals surface area contributed by atoms with E-state index in [-0.39, 0.29) is 0 Å². The molecule has 0 aliphatic rings. The van der Waals surface area contributed by atoms with Crippen molar-refractivity contribution in [2.24, 2.45) is 0 Å². The number of alkyl halides is 6. The molecule has 8 heteroatoms. The zero-order valence-corrected chi connectivity index (χ0v) is 5.37. The molecule has 0 bridgehead atoms. The summed E-state index contributed by atoms with van der Waals surface area (Å²) in [4.78, 5) is 0. The van der Waals surface area contributed by atoms with E-state index in [0.717, 1.165) is 0 Å². The van der Waals surface area contributed by atoms with Crippen LogP contribution in [0.1, 0.15) is 0 Å². The van der Waals surface area contributed by atoms with Gasteiger partial charge in [-0.2, -0.15) is 18.3 Å². The van der Waals surface area contributed by atoms with Crippen molar-refractivity contribution in [3.05, 3.63) is 0 Å². The van der Waals surface area contributed by atoms with Gasteiger partial charge in [-0.15, -0.1) is 0 Å². The molecule has 0 aromatic heterocycles. The summed E-state index contributed by atoms with van der Waals surface area (Å²) in [6.07, 6.45) is -9.14. The zero-order valence-electron chi connectivity index (χ0n) is 5.37. The van der Waals surface area contributed by atoms with E-state index in [9.17, 15) is 31.4 Å². The Bertz CT molecular complexity index is 146. The van der Waals surface area contributed by atoms with Crippen LogP contribution in [0.3, 0.4) is 0 Å². The summed E-state index contributed by atoms with van der Waals surface area (Å²) in [6.45, 7) is -2.55. The van der Waals surface area contributed by atoms with Gasteiger partial charge in [0.25, 0.3) is 0 Å². The fraction of sp³-hybridized carbons (Fsp3) is 1.00. The van der Waals surface area contributed by atoms with Crippen LogP contribution in [0, 0.1) is 0 Å². The Hall–Kier alpha value is -0.500. The molecule has 1 unspecified atom stereocenters. The van der Waals surface area contributed by atoms with Gasteiger partial charge in [0, 0.05) is 0 Å². The number of ether oxygens (including phenoxy) is 1. The van der Waals surface area contributed by atoms with Crippen molar-refractivity contribution >= 4 is 0 Å². The van der Waals surface area contributed by atoms with Gasteiger partial charge in [-0.05, 0) is 0 Å². The predicted octanol–water partition coefficient (Wildman–Crippen LogP) is 1.88. The van der Waals surface area contributed by atoms with E-state index in [1.807, 2.05) is 0 Å². The van der Waals surface area contributed by atoms with Crippen molar-refractivity contribution in [1.29, 1.82) is 0 Å². The summed E-state index contributed by atoms with van der Waals surface area (Å²) in [5.41, 5.74) is 0. The third-order valence-corrected chi connectivity index (χ3v) is 0.705. The lowest BCUT2D eigenvalue weighted by molar-refractivity contribution is -0.451. The minimum absolute atomic E-state index is 2.36. The SMILES string of the molecule is [O]C(F)(OC(F)(F)CF)C(F)F. The molecule has 1 radical (unpaired) electrons. The lowest BCUT2D eigenvalue weighted by Crippen LogP contribution is -2.42. The number of halogens is 6. The molecule has 0 aliphatic heterocycles. The van der Waals surface area contributed by atoms with Crippen LogP contribution < -0.4 is 0 Å². The van der Waals surface area contributed by atoms with Crippen molar-refractivity contribution in [1.82, 2.24) is 0 Å². The van der Waals surface area contributed by atoms with Crippen LogP contribution in [0.2, 0.25) is 0 Å². The standard InChI is InChI=1S/C4H3F6O2/c5-1-3(8,9)12-4(10,11)2(6)7/h2H,1H2. The van der Waals surface area contributed by atoms with E-state index in [1.54, 1.807) is 0 Å². The molecule has 0 aromatic rings. The van der Waals surface area contributed by atoms with Crippen LogP contribution in [-0.4, -0.2) is 25.2 Å². The first-order valence-electron chi connectivity index (χ1n) is 2.53. The van der Waals surface area contributed by atoms with Crippen molar-refractivity contribution in [3.63, 3.8) is 0 Å². The second kappa shape index (κ2) is 3.48. The van der Waals surface area contributed by atoms with Crippen LogP contribution in [0.15, 0.2) is 0 Å². The molecular weight excluding hydrogens is 194 g/mol. The molecule has 0 saturated carbocycles. The van der Waals surface area contributed by atoms with Gasteiger partial charge in [-0.1, -0.05) is 0 Å². The molecule has 0 N–H and O–H groups in total. The Balaban J connectivity index is 4.23. The number of rotatable bonds is 4. The normalized spacial score (nSPS) is 18.0. The highest BCUT2D eigenvalue weighted by Crippen LogP contribution is 2.29.